The van der Waals surface area contributed by atoms with Crippen LogP contribution < -0.4 is 16.2 Å². The molecule has 2 aromatic rings. The molecule has 0 aliphatic rings. The number of fused-ring (bicyclic) bond motifs is 1. The average molecular weight is 395 g/mol. The predicted octanol–water partition coefficient (Wildman–Crippen LogP) is 3.63. The summed E-state index contributed by atoms with van der Waals surface area (Å²) in [7, 11) is 0. The van der Waals surface area contributed by atoms with Crippen LogP contribution in [0.4, 0.5) is 0 Å². The molecule has 6 nitrogen and oxygen atoms in total. The van der Waals surface area contributed by atoms with Crippen molar-refractivity contribution in [2.45, 2.75) is 44.8 Å². The first kappa shape index (κ1) is 20.5. The molecule has 0 saturated carbocycles. The molecule has 3 N–H and O–H groups in total. The molecule has 0 bridgehead atoms. The summed E-state index contributed by atoms with van der Waals surface area (Å²) in [5, 5.41) is 4.02. The number of aromatic nitrogens is 1. The number of hydrogen-bond donors (Lipinski definition) is 3. The van der Waals surface area contributed by atoms with E-state index in [2.05, 4.69) is 35.0 Å². The van der Waals surface area contributed by atoms with E-state index in [-0.39, 0.29) is 11.7 Å². The topological polar surface area (TPSA) is 79.2 Å². The lowest BCUT2D eigenvalue weighted by molar-refractivity contribution is -0.119. The largest absolute Gasteiger partial charge is 0.431 e. The number of benzene rings is 1. The van der Waals surface area contributed by atoms with Crippen LogP contribution in [-0.4, -0.2) is 28.3 Å². The van der Waals surface area contributed by atoms with E-state index in [4.69, 9.17) is 16.6 Å². The monoisotopic (exact) mass is 394 g/mol. The van der Waals surface area contributed by atoms with Crippen LogP contribution in [0.2, 0.25) is 0 Å². The van der Waals surface area contributed by atoms with Crippen molar-refractivity contribution >= 4 is 46.1 Å². The Morgan fingerprint density at radius 3 is 2.88 bits per heavy atom. The number of nitrogens with zero attached hydrogens (tertiary/aromatic N) is 1. The van der Waals surface area contributed by atoms with Crippen LogP contribution in [0.25, 0.3) is 11.1 Å². The second-order valence-corrected chi connectivity index (χ2v) is 7.56. The summed E-state index contributed by atoms with van der Waals surface area (Å²) in [6, 6.07) is 7.50. The molecule has 0 fully saturated rings. The van der Waals surface area contributed by atoms with E-state index in [1.807, 2.05) is 24.3 Å². The fourth-order valence-electron chi connectivity index (χ4n) is 2.36. The first-order valence-electron chi connectivity index (χ1n) is 8.89. The van der Waals surface area contributed by atoms with Gasteiger partial charge in [-0.25, -0.2) is 4.98 Å². The van der Waals surface area contributed by atoms with Gasteiger partial charge in [0, 0.05) is 6.54 Å². The minimum atomic E-state index is -0.197. The van der Waals surface area contributed by atoms with E-state index in [9.17, 15) is 4.79 Å². The van der Waals surface area contributed by atoms with E-state index in [0.29, 0.717) is 21.8 Å². The second-order valence-electron chi connectivity index (χ2n) is 6.22. The number of hydrazine groups is 1. The molecule has 8 heteroatoms. The number of nitrogens with one attached hydrogen (secondary N) is 3. The standard InChI is InChI=1S/C18H26N4O2S2/c1-3-4-5-8-13(2)11-19-17(25)22-21-16(23)12-26-18-20-14-9-6-7-10-15(14)24-18/h6-7,9-10,13H,3-5,8,11-12H2,1-2H3,(H,21,23)(H2,19,22,25)/t13-/m0/s1. The van der Waals surface area contributed by atoms with Crippen LogP contribution in [0.5, 0.6) is 0 Å². The Balaban J connectivity index is 1.61. The number of carbonyl (C=O) groups is 1. The molecular formula is C18H26N4O2S2. The molecule has 0 aliphatic heterocycles. The van der Waals surface area contributed by atoms with Crippen molar-refractivity contribution in [3.63, 3.8) is 0 Å². The Hall–Kier alpha value is -1.80. The van der Waals surface area contributed by atoms with E-state index in [0.717, 1.165) is 12.1 Å². The Labute approximate surface area is 163 Å². The van der Waals surface area contributed by atoms with Crippen LogP contribution in [0.15, 0.2) is 33.9 Å². The maximum atomic E-state index is 11.9. The number of amides is 1. The van der Waals surface area contributed by atoms with Gasteiger partial charge in [0.05, 0.1) is 5.75 Å². The number of rotatable bonds is 9. The van der Waals surface area contributed by atoms with Crippen LogP contribution in [0.3, 0.4) is 0 Å². The van der Waals surface area contributed by atoms with Gasteiger partial charge in [-0.3, -0.25) is 15.6 Å². The summed E-state index contributed by atoms with van der Waals surface area (Å²) in [6.07, 6.45) is 4.91. The highest BCUT2D eigenvalue weighted by molar-refractivity contribution is 7.99. The molecule has 1 atom stereocenters. The fraction of sp³-hybridized carbons (Fsp3) is 0.500. The van der Waals surface area contributed by atoms with Gasteiger partial charge in [0.15, 0.2) is 10.7 Å². The summed E-state index contributed by atoms with van der Waals surface area (Å²) in [5.74, 6) is 0.541. The molecule has 0 unspecified atom stereocenters. The molecule has 142 valence electrons. The minimum Gasteiger partial charge on any atom is -0.431 e. The zero-order valence-corrected chi connectivity index (χ0v) is 16.8. The number of oxazole rings is 1. The smallest absolute Gasteiger partial charge is 0.257 e. The maximum absolute atomic E-state index is 11.9. The molecule has 0 spiro atoms. The molecule has 1 heterocycles. The number of unbranched alkanes of at least 4 members (excludes halogenated alkanes) is 2. The molecule has 1 aromatic heterocycles. The lowest BCUT2D eigenvalue weighted by Crippen LogP contribution is -2.48. The molecule has 1 amide bonds. The minimum absolute atomic E-state index is 0.190. The molecule has 2 rings (SSSR count). The summed E-state index contributed by atoms with van der Waals surface area (Å²) >= 11 is 6.41. The van der Waals surface area contributed by atoms with Gasteiger partial charge in [-0.2, -0.15) is 0 Å². The normalized spacial score (nSPS) is 11.9. The van der Waals surface area contributed by atoms with Crippen molar-refractivity contribution in [3.8, 4) is 0 Å². The van der Waals surface area contributed by atoms with E-state index < -0.39 is 0 Å². The molecule has 0 saturated heterocycles. The Bertz CT molecular complexity index is 687. The fourth-order valence-corrected chi connectivity index (χ4v) is 3.13. The highest BCUT2D eigenvalue weighted by Crippen LogP contribution is 2.22. The van der Waals surface area contributed by atoms with Crippen LogP contribution in [0.1, 0.15) is 39.5 Å². The number of thiocarbonyl (C=S) groups is 1. The highest BCUT2D eigenvalue weighted by atomic mass is 32.2. The van der Waals surface area contributed by atoms with Gasteiger partial charge in [-0.05, 0) is 36.7 Å². The Morgan fingerprint density at radius 1 is 1.31 bits per heavy atom. The number of hydrogen-bond acceptors (Lipinski definition) is 5. The summed E-state index contributed by atoms with van der Waals surface area (Å²) < 4.78 is 5.56. The van der Waals surface area contributed by atoms with Crippen molar-refractivity contribution in [2.75, 3.05) is 12.3 Å². The first-order chi connectivity index (χ1) is 12.6. The van der Waals surface area contributed by atoms with Crippen LogP contribution in [0, 0.1) is 5.92 Å². The Morgan fingerprint density at radius 2 is 2.12 bits per heavy atom. The average Bonchev–Trinajstić information content (AvgIpc) is 3.06. The lowest BCUT2D eigenvalue weighted by atomic mass is 10.0. The third-order valence-electron chi connectivity index (χ3n) is 3.83. The number of thioether (sulfide) groups is 1. The van der Waals surface area contributed by atoms with Gasteiger partial charge in [0.1, 0.15) is 5.52 Å². The van der Waals surface area contributed by atoms with Crippen molar-refractivity contribution in [1.29, 1.82) is 0 Å². The highest BCUT2D eigenvalue weighted by Gasteiger charge is 2.09. The quantitative estimate of drug-likeness (QED) is 0.259. The number of carbonyl (C=O) groups excluding carboxylic acids is 1. The Kier molecular flexibility index (Phi) is 8.70. The van der Waals surface area contributed by atoms with Crippen molar-refractivity contribution in [2.24, 2.45) is 5.92 Å². The molecule has 0 radical (unpaired) electrons. The van der Waals surface area contributed by atoms with Gasteiger partial charge >= 0.3 is 0 Å². The summed E-state index contributed by atoms with van der Waals surface area (Å²) in [5.41, 5.74) is 6.80. The molecule has 0 aliphatic carbocycles. The van der Waals surface area contributed by atoms with E-state index in [1.165, 1.54) is 37.4 Å². The van der Waals surface area contributed by atoms with Crippen LogP contribution in [-0.2, 0) is 4.79 Å². The molecule has 1 aromatic carbocycles. The van der Waals surface area contributed by atoms with E-state index in [1.54, 1.807) is 0 Å². The van der Waals surface area contributed by atoms with Gasteiger partial charge in [-0.15, -0.1) is 0 Å². The second kappa shape index (κ2) is 11.0. The molecule has 26 heavy (non-hydrogen) atoms. The third-order valence-corrected chi connectivity index (χ3v) is 4.90. The summed E-state index contributed by atoms with van der Waals surface area (Å²) in [4.78, 5) is 16.2. The van der Waals surface area contributed by atoms with Crippen LogP contribution >= 0.6 is 24.0 Å². The predicted molar refractivity (Wildman–Crippen MR) is 110 cm³/mol. The van der Waals surface area contributed by atoms with Crippen molar-refractivity contribution in [3.05, 3.63) is 24.3 Å². The van der Waals surface area contributed by atoms with Crippen molar-refractivity contribution < 1.29 is 9.21 Å². The zero-order chi connectivity index (χ0) is 18.8. The van der Waals surface area contributed by atoms with Crippen molar-refractivity contribution in [1.82, 2.24) is 21.2 Å². The third kappa shape index (κ3) is 7.21. The van der Waals surface area contributed by atoms with Gasteiger partial charge < -0.3 is 9.73 Å². The first-order valence-corrected chi connectivity index (χ1v) is 10.3. The van der Waals surface area contributed by atoms with E-state index >= 15 is 0 Å². The SMILES string of the molecule is CCCCC[C@H](C)CNC(=S)NNC(=O)CSc1nc2ccccc2o1. The van der Waals surface area contributed by atoms with Gasteiger partial charge in [0.25, 0.3) is 5.22 Å². The van der Waals surface area contributed by atoms with Gasteiger partial charge in [-0.1, -0.05) is 57.0 Å². The zero-order valence-electron chi connectivity index (χ0n) is 15.2. The lowest BCUT2D eigenvalue weighted by Gasteiger charge is -2.15. The summed E-state index contributed by atoms with van der Waals surface area (Å²) in [6.45, 7) is 5.19. The molecular weight excluding hydrogens is 368 g/mol. The number of para-hydroxylation sites is 2. The maximum Gasteiger partial charge on any atom is 0.257 e. The van der Waals surface area contributed by atoms with Gasteiger partial charge in [0.2, 0.25) is 5.91 Å².